The monoisotopic (exact) mass is 574 g/mol. The molecule has 2 fully saturated rings. The predicted molar refractivity (Wildman–Crippen MR) is 151 cm³/mol. The summed E-state index contributed by atoms with van der Waals surface area (Å²) in [6.45, 7) is 3.37. The lowest BCUT2D eigenvalue weighted by molar-refractivity contribution is -0.131. The van der Waals surface area contributed by atoms with Gasteiger partial charge in [-0.1, -0.05) is 34.7 Å². The highest BCUT2D eigenvalue weighted by atomic mass is 32.3. The van der Waals surface area contributed by atoms with E-state index in [1.54, 1.807) is 43.5 Å². The molecule has 2 amide bonds. The average Bonchev–Trinajstić information content (AvgIpc) is 3.51. The molecule has 1 saturated heterocycles. The van der Waals surface area contributed by atoms with E-state index in [-0.39, 0.29) is 23.8 Å². The lowest BCUT2D eigenvalue weighted by atomic mass is 10.1. The summed E-state index contributed by atoms with van der Waals surface area (Å²) in [6, 6.07) is 6.53. The molecule has 0 radical (unpaired) electrons. The number of hydrogen-bond acceptors (Lipinski definition) is 9. The Morgan fingerprint density at radius 3 is 2.46 bits per heavy atom. The zero-order valence-corrected chi connectivity index (χ0v) is 23.5. The van der Waals surface area contributed by atoms with Gasteiger partial charge in [-0.05, 0) is 50.7 Å². The number of anilines is 1. The molecule has 1 saturated carbocycles. The normalized spacial score (nSPS) is 19.1. The molecule has 0 bridgehead atoms. The number of aromatic nitrogens is 1. The maximum absolute atomic E-state index is 13.3. The van der Waals surface area contributed by atoms with Gasteiger partial charge in [-0.15, -0.1) is 10.6 Å². The smallest absolute Gasteiger partial charge is 0.280 e. The first-order chi connectivity index (χ1) is 18.8. The van der Waals surface area contributed by atoms with E-state index in [9.17, 15) is 18.7 Å². The summed E-state index contributed by atoms with van der Waals surface area (Å²) < 4.78 is 27.0. The summed E-state index contributed by atoms with van der Waals surface area (Å²) in [5, 5.41) is 7.48. The van der Waals surface area contributed by atoms with Crippen molar-refractivity contribution in [2.75, 3.05) is 18.4 Å². The molecular weight excluding hydrogens is 540 g/mol. The van der Waals surface area contributed by atoms with Crippen molar-refractivity contribution in [1.82, 2.24) is 9.88 Å². The third-order valence-electron chi connectivity index (χ3n) is 7.13. The van der Waals surface area contributed by atoms with E-state index in [2.05, 4.69) is 15.5 Å². The molecule has 2 heterocycles. The second-order valence-corrected chi connectivity index (χ2v) is 13.2. The second-order valence-electron chi connectivity index (χ2n) is 10.0. The third kappa shape index (κ3) is 7.06. The highest BCUT2D eigenvalue weighted by molar-refractivity contribution is 8.27. The molecule has 1 aliphatic heterocycles. The van der Waals surface area contributed by atoms with Crippen LogP contribution in [0.15, 0.2) is 51.5 Å². The van der Waals surface area contributed by atoms with Gasteiger partial charge in [0.1, 0.15) is 6.10 Å². The zero-order valence-electron chi connectivity index (χ0n) is 21.9. The van der Waals surface area contributed by atoms with Gasteiger partial charge < -0.3 is 14.5 Å². The Labute approximate surface area is 233 Å². The van der Waals surface area contributed by atoms with E-state index in [1.165, 1.54) is 11.3 Å². The molecule has 0 unspecified atom stereocenters. The molecule has 3 N–H and O–H groups in total. The third-order valence-corrected chi connectivity index (χ3v) is 10.0. The lowest BCUT2D eigenvalue weighted by Crippen LogP contribution is -2.39. The standard InChI is InChI=1S/C27H34N4O6S2/c1-18(32)31-14-12-20(13-15-31)36-17-22-16-28-27(38-22)29-26(33)25(30-37-21-4-2-3-5-21)19-6-8-23(9-7-19)39(34,35)24-10-11-24/h6-10,16,20-21,34-35H,2-5,11-15,17H2,1H3,(H,28,29,33). The van der Waals surface area contributed by atoms with Crippen molar-refractivity contribution in [2.45, 2.75) is 75.6 Å². The first-order valence-corrected chi connectivity index (χ1v) is 15.6. The summed E-state index contributed by atoms with van der Waals surface area (Å²) in [5.41, 5.74) is 0.604. The maximum atomic E-state index is 13.3. The highest BCUT2D eigenvalue weighted by Crippen LogP contribution is 2.61. The molecule has 39 heavy (non-hydrogen) atoms. The average molecular weight is 575 g/mol. The van der Waals surface area contributed by atoms with Crippen molar-refractivity contribution >= 4 is 44.6 Å². The molecule has 0 atom stereocenters. The van der Waals surface area contributed by atoms with E-state index in [0.29, 0.717) is 46.6 Å². The van der Waals surface area contributed by atoms with Gasteiger partial charge in [-0.25, -0.2) is 4.98 Å². The summed E-state index contributed by atoms with van der Waals surface area (Å²) in [7, 11) is -2.97. The number of hydrogen-bond donors (Lipinski definition) is 3. The van der Waals surface area contributed by atoms with Gasteiger partial charge in [-0.3, -0.25) is 24.0 Å². The Morgan fingerprint density at radius 1 is 1.13 bits per heavy atom. The quantitative estimate of drug-likeness (QED) is 0.257. The highest BCUT2D eigenvalue weighted by Gasteiger charge is 2.28. The van der Waals surface area contributed by atoms with E-state index < -0.39 is 16.5 Å². The number of nitrogens with one attached hydrogen (secondary N) is 1. The van der Waals surface area contributed by atoms with Crippen LogP contribution in [0.4, 0.5) is 5.13 Å². The minimum Gasteiger partial charge on any atom is -0.392 e. The number of benzene rings is 1. The van der Waals surface area contributed by atoms with E-state index in [1.807, 2.05) is 4.90 Å². The zero-order chi connectivity index (χ0) is 27.4. The van der Waals surface area contributed by atoms with Gasteiger partial charge in [0, 0.05) is 43.1 Å². The number of likely N-dealkylation sites (tertiary alicyclic amines) is 1. The molecule has 3 aliphatic rings. The number of ether oxygens (including phenoxy) is 1. The largest absolute Gasteiger partial charge is 0.392 e. The lowest BCUT2D eigenvalue weighted by Gasteiger charge is -2.31. The number of nitrogens with zero attached hydrogens (tertiary/aromatic N) is 3. The molecule has 1 aromatic heterocycles. The predicted octanol–water partition coefficient (Wildman–Crippen LogP) is 5.37. The minimum atomic E-state index is -2.97. The van der Waals surface area contributed by atoms with E-state index in [0.717, 1.165) is 43.4 Å². The summed E-state index contributed by atoms with van der Waals surface area (Å²) >= 11 is 1.33. The number of allylic oxidation sites excluding steroid dienone is 2. The van der Waals surface area contributed by atoms with Crippen LogP contribution in [0.2, 0.25) is 0 Å². The molecule has 5 rings (SSSR count). The first kappa shape index (κ1) is 27.8. The van der Waals surface area contributed by atoms with Gasteiger partial charge >= 0.3 is 0 Å². The van der Waals surface area contributed by atoms with Crippen molar-refractivity contribution in [3.63, 3.8) is 0 Å². The Kier molecular flexibility index (Phi) is 8.67. The van der Waals surface area contributed by atoms with Crippen LogP contribution in [-0.4, -0.2) is 61.8 Å². The number of carbonyl (C=O) groups excluding carboxylic acids is 2. The maximum Gasteiger partial charge on any atom is 0.280 e. The van der Waals surface area contributed by atoms with E-state index in [4.69, 9.17) is 9.57 Å². The molecule has 10 nitrogen and oxygen atoms in total. The van der Waals surface area contributed by atoms with Crippen molar-refractivity contribution in [1.29, 1.82) is 0 Å². The fourth-order valence-corrected chi connectivity index (χ4v) is 6.80. The van der Waals surface area contributed by atoms with Gasteiger partial charge in [0.15, 0.2) is 10.8 Å². The van der Waals surface area contributed by atoms with Crippen LogP contribution in [0.25, 0.3) is 0 Å². The van der Waals surface area contributed by atoms with Crippen molar-refractivity contribution in [2.24, 2.45) is 5.16 Å². The van der Waals surface area contributed by atoms with Crippen LogP contribution in [0.3, 0.4) is 0 Å². The van der Waals surface area contributed by atoms with Gasteiger partial charge in [0.25, 0.3) is 5.91 Å². The molecule has 2 aromatic rings. The van der Waals surface area contributed by atoms with Gasteiger partial charge in [0.05, 0.1) is 22.5 Å². The van der Waals surface area contributed by atoms with Gasteiger partial charge in [0.2, 0.25) is 5.91 Å². The molecule has 12 heteroatoms. The summed E-state index contributed by atoms with van der Waals surface area (Å²) in [5.74, 6) is -0.369. The number of piperidine rings is 1. The number of carbonyl (C=O) groups is 2. The Balaban J connectivity index is 1.22. The molecular formula is C27H34N4O6S2. The molecule has 0 spiro atoms. The van der Waals surface area contributed by atoms with Crippen LogP contribution >= 0.6 is 21.9 Å². The fourth-order valence-electron chi connectivity index (χ4n) is 4.70. The van der Waals surface area contributed by atoms with Crippen LogP contribution in [-0.2, 0) is 25.8 Å². The Bertz CT molecular complexity index is 1250. The number of amides is 2. The van der Waals surface area contributed by atoms with Crippen LogP contribution < -0.4 is 5.32 Å². The first-order valence-electron chi connectivity index (χ1n) is 13.2. The second kappa shape index (κ2) is 12.2. The minimum absolute atomic E-state index is 0.0215. The number of thiazole rings is 1. The number of oxime groups is 1. The SMILES string of the molecule is CC(=O)N1CCC(OCc2cnc(NC(=O)C(=NOC3CCCC3)c3ccc(S(O)(O)C4=CC4)cc3)s2)CC1. The topological polar surface area (TPSA) is 134 Å². The Morgan fingerprint density at radius 2 is 1.82 bits per heavy atom. The summed E-state index contributed by atoms with van der Waals surface area (Å²) in [4.78, 5) is 38.6. The molecule has 2 aliphatic carbocycles. The van der Waals surface area contributed by atoms with E-state index >= 15 is 0 Å². The van der Waals surface area contributed by atoms with Crippen molar-refractivity contribution in [3.05, 3.63) is 51.9 Å². The van der Waals surface area contributed by atoms with Crippen molar-refractivity contribution in [3.8, 4) is 0 Å². The molecule has 210 valence electrons. The van der Waals surface area contributed by atoms with Crippen LogP contribution in [0.1, 0.15) is 62.3 Å². The van der Waals surface area contributed by atoms with Crippen molar-refractivity contribution < 1.29 is 28.3 Å². The summed E-state index contributed by atoms with van der Waals surface area (Å²) in [6.07, 6.45) is 9.70. The van der Waals surface area contributed by atoms with Crippen LogP contribution in [0.5, 0.6) is 0 Å². The van der Waals surface area contributed by atoms with Gasteiger partial charge in [-0.2, -0.15) is 0 Å². The number of rotatable bonds is 10. The fraction of sp³-hybridized carbons (Fsp3) is 0.481. The Hall–Kier alpha value is -2.77. The van der Waals surface area contributed by atoms with Crippen LogP contribution in [0, 0.1) is 0 Å². The molecule has 1 aromatic carbocycles.